The number of nitrogens with zero attached hydrogens (tertiary/aromatic N) is 1. The highest BCUT2D eigenvalue weighted by atomic mass is 32.2. The molecule has 0 aliphatic rings. The van der Waals surface area contributed by atoms with Gasteiger partial charge in [0, 0.05) is 26.2 Å². The molecule has 0 aliphatic carbocycles. The second-order valence-corrected chi connectivity index (χ2v) is 5.61. The van der Waals surface area contributed by atoms with Gasteiger partial charge >= 0.3 is 0 Å². The molecular formula is C15H26N4O2S. The van der Waals surface area contributed by atoms with Crippen molar-refractivity contribution >= 4 is 23.6 Å². The Morgan fingerprint density at radius 3 is 2.77 bits per heavy atom. The summed E-state index contributed by atoms with van der Waals surface area (Å²) in [6.45, 7) is 4.78. The van der Waals surface area contributed by atoms with Crippen molar-refractivity contribution in [1.29, 1.82) is 0 Å². The molecule has 0 saturated carbocycles. The molecular weight excluding hydrogens is 300 g/mol. The Hall–Kier alpha value is -1.63. The van der Waals surface area contributed by atoms with Crippen LogP contribution < -0.4 is 16.0 Å². The van der Waals surface area contributed by atoms with Gasteiger partial charge in [0.25, 0.3) is 5.91 Å². The Bertz CT molecular complexity index is 435. The van der Waals surface area contributed by atoms with Gasteiger partial charge in [-0.1, -0.05) is 0 Å². The lowest BCUT2D eigenvalue weighted by Crippen LogP contribution is -2.41. The van der Waals surface area contributed by atoms with Crippen LogP contribution in [0, 0.1) is 0 Å². The Morgan fingerprint density at radius 2 is 2.09 bits per heavy atom. The first kappa shape index (κ1) is 18.4. The van der Waals surface area contributed by atoms with Crippen molar-refractivity contribution in [2.75, 3.05) is 38.2 Å². The minimum atomic E-state index is -0.203. The molecule has 6 nitrogen and oxygen atoms in total. The average molecular weight is 326 g/mol. The Balaban J connectivity index is 2.20. The fraction of sp³-hybridized carbons (Fsp3) is 0.600. The molecule has 7 heteroatoms. The number of furan rings is 1. The molecule has 1 amide bonds. The van der Waals surface area contributed by atoms with E-state index in [1.165, 1.54) is 18.4 Å². The van der Waals surface area contributed by atoms with Crippen LogP contribution in [0.15, 0.2) is 27.8 Å². The molecule has 3 N–H and O–H groups in total. The minimum absolute atomic E-state index is 0.203. The molecule has 1 aromatic heterocycles. The Kier molecular flexibility index (Phi) is 10.0. The summed E-state index contributed by atoms with van der Waals surface area (Å²) in [4.78, 5) is 16.2. The van der Waals surface area contributed by atoms with E-state index in [4.69, 9.17) is 4.42 Å². The molecule has 1 rings (SSSR count). The van der Waals surface area contributed by atoms with E-state index in [0.29, 0.717) is 18.8 Å². The molecule has 1 aromatic rings. The van der Waals surface area contributed by atoms with Crippen LogP contribution in [-0.4, -0.2) is 50.1 Å². The van der Waals surface area contributed by atoms with Crippen molar-refractivity contribution in [1.82, 2.24) is 16.0 Å². The molecule has 0 unspecified atom stereocenters. The molecule has 0 aromatic carbocycles. The molecule has 22 heavy (non-hydrogen) atoms. The number of rotatable bonds is 10. The summed E-state index contributed by atoms with van der Waals surface area (Å²) in [5.41, 5.74) is 0. The standard InChI is InChI=1S/C15H26N4O2S/c1-3-16-15(18-8-4-5-12-22-2)19-10-9-17-14(20)13-7-6-11-21-13/h6-7,11H,3-5,8-10,12H2,1-2H3,(H,17,20)(H2,16,18,19). The predicted molar refractivity (Wildman–Crippen MR) is 92.6 cm³/mol. The zero-order chi connectivity index (χ0) is 16.0. The molecule has 0 aliphatic heterocycles. The Labute approximate surface area is 136 Å². The average Bonchev–Trinajstić information content (AvgIpc) is 3.05. The lowest BCUT2D eigenvalue weighted by Gasteiger charge is -2.11. The number of carbonyl (C=O) groups excluding carboxylic acids is 1. The number of guanidine groups is 1. The summed E-state index contributed by atoms with van der Waals surface area (Å²) in [6.07, 6.45) is 5.88. The van der Waals surface area contributed by atoms with E-state index in [1.54, 1.807) is 12.1 Å². The molecule has 0 atom stereocenters. The summed E-state index contributed by atoms with van der Waals surface area (Å²) < 4.78 is 5.03. The van der Waals surface area contributed by atoms with Gasteiger partial charge < -0.3 is 20.4 Å². The van der Waals surface area contributed by atoms with Crippen LogP contribution in [0.1, 0.15) is 30.3 Å². The van der Waals surface area contributed by atoms with Gasteiger partial charge in [0.15, 0.2) is 11.7 Å². The lowest BCUT2D eigenvalue weighted by molar-refractivity contribution is 0.0926. The number of thioether (sulfide) groups is 1. The van der Waals surface area contributed by atoms with Gasteiger partial charge in [0.1, 0.15) is 0 Å². The van der Waals surface area contributed by atoms with Crippen molar-refractivity contribution in [3.05, 3.63) is 24.2 Å². The number of hydrogen-bond acceptors (Lipinski definition) is 4. The normalized spacial score (nSPS) is 11.3. The van der Waals surface area contributed by atoms with E-state index < -0.39 is 0 Å². The SMILES string of the molecule is CCNC(=NCCCCSC)NCCNC(=O)c1ccco1. The second-order valence-electron chi connectivity index (χ2n) is 4.62. The van der Waals surface area contributed by atoms with Crippen molar-refractivity contribution < 1.29 is 9.21 Å². The van der Waals surface area contributed by atoms with Crippen molar-refractivity contribution in [2.45, 2.75) is 19.8 Å². The van der Waals surface area contributed by atoms with Crippen LogP contribution in [0.4, 0.5) is 0 Å². The quantitative estimate of drug-likeness (QED) is 0.346. The monoisotopic (exact) mass is 326 g/mol. The molecule has 0 spiro atoms. The maximum absolute atomic E-state index is 11.7. The highest BCUT2D eigenvalue weighted by molar-refractivity contribution is 7.98. The van der Waals surface area contributed by atoms with Gasteiger partial charge in [-0.3, -0.25) is 9.79 Å². The maximum atomic E-state index is 11.7. The first-order valence-electron chi connectivity index (χ1n) is 7.60. The highest BCUT2D eigenvalue weighted by Crippen LogP contribution is 1.99. The smallest absolute Gasteiger partial charge is 0.287 e. The molecule has 0 fully saturated rings. The van der Waals surface area contributed by atoms with Crippen LogP contribution >= 0.6 is 11.8 Å². The zero-order valence-electron chi connectivity index (χ0n) is 13.4. The number of amides is 1. The third-order valence-corrected chi connectivity index (χ3v) is 3.52. The van der Waals surface area contributed by atoms with Gasteiger partial charge in [-0.05, 0) is 43.9 Å². The Morgan fingerprint density at radius 1 is 1.27 bits per heavy atom. The fourth-order valence-electron chi connectivity index (χ4n) is 1.74. The summed E-state index contributed by atoms with van der Waals surface area (Å²) in [6, 6.07) is 3.34. The van der Waals surface area contributed by atoms with Crippen LogP contribution in [0.25, 0.3) is 0 Å². The molecule has 0 bridgehead atoms. The number of unbranched alkanes of at least 4 members (excludes halogenated alkanes) is 1. The summed E-state index contributed by atoms with van der Waals surface area (Å²) in [5, 5.41) is 9.18. The summed E-state index contributed by atoms with van der Waals surface area (Å²) in [7, 11) is 0. The van der Waals surface area contributed by atoms with Crippen molar-refractivity contribution in [3.8, 4) is 0 Å². The van der Waals surface area contributed by atoms with Gasteiger partial charge in [0.2, 0.25) is 0 Å². The number of carbonyl (C=O) groups is 1. The van der Waals surface area contributed by atoms with E-state index in [1.807, 2.05) is 18.7 Å². The highest BCUT2D eigenvalue weighted by Gasteiger charge is 2.06. The van der Waals surface area contributed by atoms with Gasteiger partial charge in [0.05, 0.1) is 6.26 Å². The molecule has 0 radical (unpaired) electrons. The predicted octanol–water partition coefficient (Wildman–Crippen LogP) is 1.71. The topological polar surface area (TPSA) is 78.7 Å². The minimum Gasteiger partial charge on any atom is -0.459 e. The lowest BCUT2D eigenvalue weighted by atomic mass is 10.3. The van der Waals surface area contributed by atoms with E-state index in [-0.39, 0.29) is 5.91 Å². The maximum Gasteiger partial charge on any atom is 0.287 e. The van der Waals surface area contributed by atoms with Crippen molar-refractivity contribution in [3.63, 3.8) is 0 Å². The van der Waals surface area contributed by atoms with E-state index in [2.05, 4.69) is 27.2 Å². The van der Waals surface area contributed by atoms with Crippen LogP contribution in [0.2, 0.25) is 0 Å². The number of aliphatic imine (C=N–C) groups is 1. The zero-order valence-corrected chi connectivity index (χ0v) is 14.2. The van der Waals surface area contributed by atoms with Crippen LogP contribution in [0.3, 0.4) is 0 Å². The molecule has 0 saturated heterocycles. The van der Waals surface area contributed by atoms with E-state index in [0.717, 1.165) is 25.5 Å². The molecule has 1 heterocycles. The number of hydrogen-bond donors (Lipinski definition) is 3. The third-order valence-electron chi connectivity index (χ3n) is 2.82. The first-order chi connectivity index (χ1) is 10.8. The summed E-state index contributed by atoms with van der Waals surface area (Å²) >= 11 is 1.86. The van der Waals surface area contributed by atoms with Gasteiger partial charge in [-0.15, -0.1) is 0 Å². The third kappa shape index (κ3) is 7.97. The summed E-state index contributed by atoms with van der Waals surface area (Å²) in [5.74, 6) is 2.09. The van der Waals surface area contributed by atoms with Crippen molar-refractivity contribution in [2.24, 2.45) is 4.99 Å². The fourth-order valence-corrected chi connectivity index (χ4v) is 2.24. The van der Waals surface area contributed by atoms with E-state index >= 15 is 0 Å². The first-order valence-corrected chi connectivity index (χ1v) is 9.00. The van der Waals surface area contributed by atoms with E-state index in [9.17, 15) is 4.79 Å². The van der Waals surface area contributed by atoms with Crippen LogP contribution in [0.5, 0.6) is 0 Å². The second kappa shape index (κ2) is 12.0. The van der Waals surface area contributed by atoms with Gasteiger partial charge in [-0.2, -0.15) is 11.8 Å². The largest absolute Gasteiger partial charge is 0.459 e. The van der Waals surface area contributed by atoms with Gasteiger partial charge in [-0.25, -0.2) is 0 Å². The molecule has 124 valence electrons. The number of nitrogens with one attached hydrogen (secondary N) is 3. The van der Waals surface area contributed by atoms with Crippen LogP contribution in [-0.2, 0) is 0 Å².